The normalized spacial score (nSPS) is 12.9. The van der Waals surface area contributed by atoms with E-state index in [1.54, 1.807) is 17.5 Å². The number of nitrogens with one attached hydrogen (secondary N) is 2. The van der Waals surface area contributed by atoms with E-state index in [4.69, 9.17) is 11.6 Å². The molecule has 0 fully saturated rings. The molecule has 0 aliphatic carbocycles. The summed E-state index contributed by atoms with van der Waals surface area (Å²) in [6, 6.07) is 4.06. The first-order valence-corrected chi connectivity index (χ1v) is 5.98. The second-order valence-corrected chi connectivity index (χ2v) is 4.85. The van der Waals surface area contributed by atoms with E-state index in [1.165, 1.54) is 4.88 Å². The van der Waals surface area contributed by atoms with Crippen LogP contribution in [0.3, 0.4) is 0 Å². The van der Waals surface area contributed by atoms with Crippen LogP contribution in [0.25, 0.3) is 0 Å². The molecule has 3 nitrogen and oxygen atoms in total. The van der Waals surface area contributed by atoms with Crippen LogP contribution < -0.4 is 5.32 Å². The number of imidazole rings is 1. The molecule has 0 spiro atoms. The highest BCUT2D eigenvalue weighted by Gasteiger charge is 2.16. The predicted molar refractivity (Wildman–Crippen MR) is 63.4 cm³/mol. The molecule has 0 amide bonds. The van der Waals surface area contributed by atoms with Crippen LogP contribution >= 0.6 is 22.9 Å². The lowest BCUT2D eigenvalue weighted by Gasteiger charge is -2.13. The maximum absolute atomic E-state index is 5.93. The van der Waals surface area contributed by atoms with Crippen LogP contribution in [0.15, 0.2) is 24.5 Å². The lowest BCUT2D eigenvalue weighted by atomic mass is 10.2. The zero-order chi connectivity index (χ0) is 10.7. The van der Waals surface area contributed by atoms with Gasteiger partial charge in [0.1, 0.15) is 11.9 Å². The fourth-order valence-corrected chi connectivity index (χ4v) is 2.60. The number of halogens is 1. The minimum atomic E-state index is 0.113. The standard InChI is InChI=1S/C10H12ClN3S/c1-2-12-9(10-13-5-6-14-10)7-3-4-8(11)15-7/h3-6,9,12H,2H2,1H3,(H,13,14). The third-order valence-electron chi connectivity index (χ3n) is 2.08. The Bertz CT molecular complexity index is 410. The van der Waals surface area contributed by atoms with Crippen molar-refractivity contribution in [3.8, 4) is 0 Å². The summed E-state index contributed by atoms with van der Waals surface area (Å²) in [6.45, 7) is 2.96. The number of aromatic nitrogens is 2. The van der Waals surface area contributed by atoms with Gasteiger partial charge in [0.25, 0.3) is 0 Å². The Morgan fingerprint density at radius 3 is 3.00 bits per heavy atom. The highest BCUT2D eigenvalue weighted by molar-refractivity contribution is 7.16. The number of hydrogen-bond donors (Lipinski definition) is 2. The van der Waals surface area contributed by atoms with Crippen LogP contribution in [0.2, 0.25) is 4.34 Å². The van der Waals surface area contributed by atoms with Gasteiger partial charge in [-0.2, -0.15) is 0 Å². The Balaban J connectivity index is 2.27. The molecule has 1 atom stereocenters. The molecule has 0 saturated carbocycles. The Hall–Kier alpha value is -0.840. The van der Waals surface area contributed by atoms with E-state index < -0.39 is 0 Å². The molecule has 0 radical (unpaired) electrons. The highest BCUT2D eigenvalue weighted by atomic mass is 35.5. The molecule has 0 aliphatic rings. The molecule has 80 valence electrons. The molecule has 1 unspecified atom stereocenters. The lowest BCUT2D eigenvalue weighted by Crippen LogP contribution is -2.22. The quantitative estimate of drug-likeness (QED) is 0.864. The average Bonchev–Trinajstić information content (AvgIpc) is 2.85. The van der Waals surface area contributed by atoms with Crippen LogP contribution in [0.4, 0.5) is 0 Å². The summed E-state index contributed by atoms with van der Waals surface area (Å²) in [4.78, 5) is 8.56. The molecular weight excluding hydrogens is 230 g/mol. The summed E-state index contributed by atoms with van der Waals surface area (Å²) >= 11 is 7.50. The summed E-state index contributed by atoms with van der Waals surface area (Å²) in [5, 5.41) is 3.37. The van der Waals surface area contributed by atoms with E-state index in [2.05, 4.69) is 22.2 Å². The highest BCUT2D eigenvalue weighted by Crippen LogP contribution is 2.29. The summed E-state index contributed by atoms with van der Waals surface area (Å²) in [7, 11) is 0. The first-order chi connectivity index (χ1) is 7.31. The third kappa shape index (κ3) is 2.40. The van der Waals surface area contributed by atoms with E-state index in [1.807, 2.05) is 18.3 Å². The molecule has 2 rings (SSSR count). The van der Waals surface area contributed by atoms with Gasteiger partial charge >= 0.3 is 0 Å². The van der Waals surface area contributed by atoms with Gasteiger partial charge in [-0.3, -0.25) is 0 Å². The van der Waals surface area contributed by atoms with Crippen LogP contribution in [-0.2, 0) is 0 Å². The summed E-state index contributed by atoms with van der Waals surface area (Å²) in [5.74, 6) is 0.926. The topological polar surface area (TPSA) is 40.7 Å². The van der Waals surface area contributed by atoms with Crippen molar-refractivity contribution in [1.29, 1.82) is 0 Å². The molecule has 0 aromatic carbocycles. The lowest BCUT2D eigenvalue weighted by molar-refractivity contribution is 0.612. The van der Waals surface area contributed by atoms with E-state index >= 15 is 0 Å². The van der Waals surface area contributed by atoms with Gasteiger partial charge in [0.2, 0.25) is 0 Å². The predicted octanol–water partition coefficient (Wildman–Crippen LogP) is 2.82. The second kappa shape index (κ2) is 4.79. The zero-order valence-electron chi connectivity index (χ0n) is 8.33. The molecule has 2 aromatic rings. The van der Waals surface area contributed by atoms with Crippen molar-refractivity contribution in [1.82, 2.24) is 15.3 Å². The van der Waals surface area contributed by atoms with Gasteiger partial charge < -0.3 is 10.3 Å². The van der Waals surface area contributed by atoms with Gasteiger partial charge in [-0.25, -0.2) is 4.98 Å². The van der Waals surface area contributed by atoms with Crippen molar-refractivity contribution in [2.75, 3.05) is 6.54 Å². The van der Waals surface area contributed by atoms with Gasteiger partial charge in [0, 0.05) is 17.3 Å². The van der Waals surface area contributed by atoms with Crippen LogP contribution in [0.5, 0.6) is 0 Å². The number of aromatic amines is 1. The summed E-state index contributed by atoms with van der Waals surface area (Å²) in [5.41, 5.74) is 0. The van der Waals surface area contributed by atoms with E-state index in [0.29, 0.717) is 0 Å². The SMILES string of the molecule is CCNC(c1ncc[nH]1)c1ccc(Cl)s1. The fourth-order valence-electron chi connectivity index (χ4n) is 1.45. The molecule has 2 aromatic heterocycles. The van der Waals surface area contributed by atoms with Crippen molar-refractivity contribution in [2.24, 2.45) is 0 Å². The largest absolute Gasteiger partial charge is 0.347 e. The fraction of sp³-hybridized carbons (Fsp3) is 0.300. The minimum Gasteiger partial charge on any atom is -0.347 e. The third-order valence-corrected chi connectivity index (χ3v) is 3.38. The molecule has 15 heavy (non-hydrogen) atoms. The van der Waals surface area contributed by atoms with Crippen molar-refractivity contribution in [2.45, 2.75) is 13.0 Å². The molecular formula is C10H12ClN3S. The monoisotopic (exact) mass is 241 g/mol. The van der Waals surface area contributed by atoms with Gasteiger partial charge in [0.15, 0.2) is 0 Å². The number of rotatable bonds is 4. The molecule has 0 saturated heterocycles. The van der Waals surface area contributed by atoms with Crippen LogP contribution in [-0.4, -0.2) is 16.5 Å². The molecule has 2 N–H and O–H groups in total. The van der Waals surface area contributed by atoms with Crippen molar-refractivity contribution in [3.63, 3.8) is 0 Å². The molecule has 0 bridgehead atoms. The zero-order valence-corrected chi connectivity index (χ0v) is 9.90. The summed E-state index contributed by atoms with van der Waals surface area (Å²) < 4.78 is 0.805. The number of thiophene rings is 1. The number of nitrogens with zero attached hydrogens (tertiary/aromatic N) is 1. The first-order valence-electron chi connectivity index (χ1n) is 4.79. The Morgan fingerprint density at radius 2 is 2.47 bits per heavy atom. The number of H-pyrrole nitrogens is 1. The first kappa shape index (κ1) is 10.7. The van der Waals surface area contributed by atoms with Crippen molar-refractivity contribution in [3.05, 3.63) is 39.6 Å². The Labute approximate surface area is 97.5 Å². The number of hydrogen-bond acceptors (Lipinski definition) is 3. The molecule has 0 aliphatic heterocycles. The van der Waals surface area contributed by atoms with Crippen molar-refractivity contribution < 1.29 is 0 Å². The maximum atomic E-state index is 5.93. The van der Waals surface area contributed by atoms with Gasteiger partial charge in [-0.05, 0) is 18.7 Å². The van der Waals surface area contributed by atoms with Crippen LogP contribution in [0, 0.1) is 0 Å². The van der Waals surface area contributed by atoms with Gasteiger partial charge in [-0.15, -0.1) is 11.3 Å². The molecule has 2 heterocycles. The minimum absolute atomic E-state index is 0.113. The van der Waals surface area contributed by atoms with E-state index in [9.17, 15) is 0 Å². The van der Waals surface area contributed by atoms with E-state index in [0.717, 1.165) is 16.7 Å². The maximum Gasteiger partial charge on any atom is 0.128 e. The smallest absolute Gasteiger partial charge is 0.128 e. The van der Waals surface area contributed by atoms with Gasteiger partial charge in [-0.1, -0.05) is 18.5 Å². The Kier molecular flexibility index (Phi) is 3.41. The second-order valence-electron chi connectivity index (χ2n) is 3.11. The van der Waals surface area contributed by atoms with E-state index in [-0.39, 0.29) is 6.04 Å². The summed E-state index contributed by atoms with van der Waals surface area (Å²) in [6.07, 6.45) is 3.59. The molecule has 5 heteroatoms. The van der Waals surface area contributed by atoms with Crippen LogP contribution in [0.1, 0.15) is 23.7 Å². The van der Waals surface area contributed by atoms with Crippen molar-refractivity contribution >= 4 is 22.9 Å². The average molecular weight is 242 g/mol. The van der Waals surface area contributed by atoms with Gasteiger partial charge in [0.05, 0.1) is 4.34 Å². The Morgan fingerprint density at radius 1 is 1.60 bits per heavy atom.